The summed E-state index contributed by atoms with van der Waals surface area (Å²) in [5, 5.41) is 8.93. The highest BCUT2D eigenvalue weighted by molar-refractivity contribution is 7.95. The topological polar surface area (TPSA) is 20.2 Å². The lowest BCUT2D eigenvalue weighted by Gasteiger charge is -2.29. The number of aliphatic hydroxyl groups is 1. The lowest BCUT2D eigenvalue weighted by atomic mass is 9.84. The minimum atomic E-state index is 0.0403. The Hall–Kier alpha value is 0.310. The van der Waals surface area contributed by atoms with Crippen molar-refractivity contribution in [2.24, 2.45) is 5.92 Å². The molecule has 0 heterocycles. The maximum absolute atomic E-state index is 8.93. The van der Waals surface area contributed by atoms with Crippen LogP contribution in [0.25, 0.3) is 0 Å². The van der Waals surface area contributed by atoms with Crippen molar-refractivity contribution < 1.29 is 5.11 Å². The standard InChI is InChI=1S/C7H15OS/c1-9(2)5-6-3-7(8)4-6/h6-8H,3-5H2,1-2H3/q+1. The van der Waals surface area contributed by atoms with Gasteiger partial charge in [0.25, 0.3) is 0 Å². The molecule has 9 heavy (non-hydrogen) atoms. The van der Waals surface area contributed by atoms with Crippen LogP contribution in [0.2, 0.25) is 0 Å². The number of rotatable bonds is 2. The van der Waals surface area contributed by atoms with Crippen molar-refractivity contribution in [3.8, 4) is 0 Å². The largest absolute Gasteiger partial charge is 0.393 e. The summed E-state index contributed by atoms with van der Waals surface area (Å²) in [6, 6.07) is 0. The molecule has 1 aliphatic carbocycles. The highest BCUT2D eigenvalue weighted by atomic mass is 32.2. The predicted molar refractivity (Wildman–Crippen MR) is 42.8 cm³/mol. The van der Waals surface area contributed by atoms with E-state index in [2.05, 4.69) is 12.5 Å². The fourth-order valence-corrected chi connectivity index (χ4v) is 2.52. The van der Waals surface area contributed by atoms with E-state index in [-0.39, 0.29) is 6.10 Å². The molecule has 0 radical (unpaired) electrons. The molecule has 0 aromatic heterocycles. The molecular weight excluding hydrogens is 132 g/mol. The van der Waals surface area contributed by atoms with Crippen molar-refractivity contribution in [1.82, 2.24) is 0 Å². The molecule has 0 aliphatic heterocycles. The molecular formula is C7H15OS+. The van der Waals surface area contributed by atoms with Crippen molar-refractivity contribution in [2.75, 3.05) is 18.3 Å². The summed E-state index contributed by atoms with van der Waals surface area (Å²) in [5.74, 6) is 2.18. The van der Waals surface area contributed by atoms with Crippen molar-refractivity contribution in [3.05, 3.63) is 0 Å². The lowest BCUT2D eigenvalue weighted by molar-refractivity contribution is 0.0531. The Morgan fingerprint density at radius 3 is 2.33 bits per heavy atom. The van der Waals surface area contributed by atoms with Gasteiger partial charge in [0.15, 0.2) is 0 Å². The summed E-state index contributed by atoms with van der Waals surface area (Å²) < 4.78 is 0. The van der Waals surface area contributed by atoms with E-state index in [4.69, 9.17) is 5.11 Å². The van der Waals surface area contributed by atoms with E-state index in [0.717, 1.165) is 18.8 Å². The minimum absolute atomic E-state index is 0.0403. The third kappa shape index (κ3) is 2.18. The van der Waals surface area contributed by atoms with E-state index in [1.54, 1.807) is 0 Å². The third-order valence-corrected chi connectivity index (χ3v) is 2.92. The molecule has 1 N–H and O–H groups in total. The number of hydrogen-bond donors (Lipinski definition) is 1. The Morgan fingerprint density at radius 1 is 1.44 bits per heavy atom. The molecule has 1 saturated carbocycles. The number of aliphatic hydroxyl groups excluding tert-OH is 1. The monoisotopic (exact) mass is 147 g/mol. The first kappa shape index (κ1) is 7.42. The van der Waals surface area contributed by atoms with Crippen molar-refractivity contribution in [2.45, 2.75) is 18.9 Å². The Kier molecular flexibility index (Phi) is 2.42. The first-order valence-corrected chi connectivity index (χ1v) is 5.61. The zero-order valence-corrected chi connectivity index (χ0v) is 6.95. The van der Waals surface area contributed by atoms with Gasteiger partial charge in [-0.05, 0) is 23.7 Å². The van der Waals surface area contributed by atoms with Crippen LogP contribution in [0, 0.1) is 5.92 Å². The summed E-state index contributed by atoms with van der Waals surface area (Å²) >= 11 is 0. The van der Waals surface area contributed by atoms with Crippen molar-refractivity contribution >= 4 is 10.9 Å². The maximum Gasteiger partial charge on any atom is 0.110 e. The Bertz CT molecular complexity index is 86.9. The van der Waals surface area contributed by atoms with Gasteiger partial charge in [-0.3, -0.25) is 0 Å². The molecule has 0 atom stereocenters. The minimum Gasteiger partial charge on any atom is -0.393 e. The van der Waals surface area contributed by atoms with Gasteiger partial charge in [-0.15, -0.1) is 0 Å². The first-order valence-electron chi connectivity index (χ1n) is 3.40. The average Bonchev–Trinajstić information content (AvgIpc) is 1.60. The molecule has 0 aromatic rings. The van der Waals surface area contributed by atoms with Gasteiger partial charge >= 0.3 is 0 Å². The van der Waals surface area contributed by atoms with Crippen LogP contribution in [0.4, 0.5) is 0 Å². The molecule has 1 aliphatic rings. The second-order valence-corrected chi connectivity index (χ2v) is 5.45. The van der Waals surface area contributed by atoms with Crippen LogP contribution >= 0.6 is 0 Å². The van der Waals surface area contributed by atoms with E-state index < -0.39 is 0 Å². The normalized spacial score (nSPS) is 34.7. The molecule has 1 fully saturated rings. The molecule has 2 heteroatoms. The maximum atomic E-state index is 8.93. The van der Waals surface area contributed by atoms with Crippen LogP contribution in [0.1, 0.15) is 12.8 Å². The highest BCUT2D eigenvalue weighted by Gasteiger charge is 2.30. The molecule has 1 nitrogen and oxygen atoms in total. The quantitative estimate of drug-likeness (QED) is 0.568. The third-order valence-electron chi connectivity index (χ3n) is 1.78. The van der Waals surface area contributed by atoms with Crippen LogP contribution in [0.15, 0.2) is 0 Å². The molecule has 0 aromatic carbocycles. The smallest absolute Gasteiger partial charge is 0.110 e. The van der Waals surface area contributed by atoms with E-state index in [1.807, 2.05) is 0 Å². The predicted octanol–water partition coefficient (Wildman–Crippen LogP) is 0.635. The first-order chi connectivity index (χ1) is 4.18. The Balaban J connectivity index is 2.04. The number of hydrogen-bond acceptors (Lipinski definition) is 1. The van der Waals surface area contributed by atoms with E-state index in [0.29, 0.717) is 10.9 Å². The van der Waals surface area contributed by atoms with Gasteiger partial charge in [-0.2, -0.15) is 0 Å². The van der Waals surface area contributed by atoms with Gasteiger partial charge in [-0.25, -0.2) is 0 Å². The van der Waals surface area contributed by atoms with E-state index >= 15 is 0 Å². The van der Waals surface area contributed by atoms with Gasteiger partial charge < -0.3 is 5.11 Å². The summed E-state index contributed by atoms with van der Waals surface area (Å²) in [6.45, 7) is 0. The van der Waals surface area contributed by atoms with Crippen LogP contribution < -0.4 is 0 Å². The van der Waals surface area contributed by atoms with E-state index in [9.17, 15) is 0 Å². The second-order valence-electron chi connectivity index (χ2n) is 3.14. The lowest BCUT2D eigenvalue weighted by Crippen LogP contribution is -2.32. The highest BCUT2D eigenvalue weighted by Crippen LogP contribution is 2.27. The van der Waals surface area contributed by atoms with Crippen LogP contribution in [0.5, 0.6) is 0 Å². The Morgan fingerprint density at radius 2 is 2.00 bits per heavy atom. The molecule has 0 amide bonds. The van der Waals surface area contributed by atoms with Gasteiger partial charge in [0.2, 0.25) is 0 Å². The van der Waals surface area contributed by atoms with Crippen molar-refractivity contribution in [3.63, 3.8) is 0 Å². The van der Waals surface area contributed by atoms with E-state index in [1.165, 1.54) is 5.75 Å². The Labute approximate surface area is 59.8 Å². The van der Waals surface area contributed by atoms with Gasteiger partial charge in [0.05, 0.1) is 18.6 Å². The fraction of sp³-hybridized carbons (Fsp3) is 1.00. The van der Waals surface area contributed by atoms with Gasteiger partial charge in [0.1, 0.15) is 5.75 Å². The van der Waals surface area contributed by atoms with Gasteiger partial charge in [0, 0.05) is 5.92 Å². The zero-order valence-electron chi connectivity index (χ0n) is 6.13. The zero-order chi connectivity index (χ0) is 6.85. The van der Waals surface area contributed by atoms with Crippen LogP contribution in [-0.4, -0.2) is 29.5 Å². The SMILES string of the molecule is C[S+](C)CC1CC(O)C1. The van der Waals surface area contributed by atoms with Crippen LogP contribution in [0.3, 0.4) is 0 Å². The summed E-state index contributed by atoms with van der Waals surface area (Å²) in [5.41, 5.74) is 0. The second kappa shape index (κ2) is 2.93. The molecule has 0 saturated heterocycles. The molecule has 0 unspecified atom stereocenters. The fourth-order valence-electron chi connectivity index (χ4n) is 1.31. The van der Waals surface area contributed by atoms with Crippen LogP contribution in [-0.2, 0) is 10.9 Å². The summed E-state index contributed by atoms with van der Waals surface area (Å²) in [7, 11) is 0.580. The average molecular weight is 147 g/mol. The molecule has 1 rings (SSSR count). The molecule has 54 valence electrons. The molecule has 0 bridgehead atoms. The molecule has 0 spiro atoms. The summed E-state index contributed by atoms with van der Waals surface area (Å²) in [6.07, 6.45) is 6.70. The van der Waals surface area contributed by atoms with Crippen molar-refractivity contribution in [1.29, 1.82) is 0 Å². The van der Waals surface area contributed by atoms with Gasteiger partial charge in [-0.1, -0.05) is 0 Å². The summed E-state index contributed by atoms with van der Waals surface area (Å²) in [4.78, 5) is 0.